The van der Waals surface area contributed by atoms with Gasteiger partial charge in [-0.25, -0.2) is 9.97 Å². The number of rotatable bonds is 6. The standard InChI is InChI=1S/C19H20Br2N4O3/c20-13-5-15-17(22-7-13)25(18-16(28-15)6-14(21)8-23-18)2-4-26-3-1-24-9-19(10-24)11-27-12-19/h5-8H,1-4,9-12H2. The number of hydrogen-bond acceptors (Lipinski definition) is 7. The Morgan fingerprint density at radius 2 is 1.57 bits per heavy atom. The van der Waals surface area contributed by atoms with Crippen molar-refractivity contribution in [2.24, 2.45) is 5.41 Å². The zero-order valence-corrected chi connectivity index (χ0v) is 18.4. The average molecular weight is 512 g/mol. The molecule has 0 aliphatic carbocycles. The predicted molar refractivity (Wildman–Crippen MR) is 111 cm³/mol. The third-order valence-corrected chi connectivity index (χ3v) is 6.14. The molecule has 9 heteroatoms. The molecule has 0 aromatic carbocycles. The second kappa shape index (κ2) is 7.53. The fourth-order valence-electron chi connectivity index (χ4n) is 3.90. The SMILES string of the molecule is Brc1cnc2c(c1)Oc1cc(Br)cnc1N2CCOCCN1CC2(COC2)C1. The molecule has 7 nitrogen and oxygen atoms in total. The topological polar surface area (TPSA) is 60.0 Å². The van der Waals surface area contributed by atoms with Gasteiger partial charge in [0.1, 0.15) is 0 Å². The van der Waals surface area contributed by atoms with Crippen LogP contribution < -0.4 is 9.64 Å². The number of aromatic nitrogens is 2. The molecule has 0 saturated carbocycles. The number of nitrogens with zero attached hydrogens (tertiary/aromatic N) is 4. The summed E-state index contributed by atoms with van der Waals surface area (Å²) in [5.74, 6) is 2.92. The molecule has 2 aromatic heterocycles. The number of likely N-dealkylation sites (tertiary alicyclic amines) is 1. The van der Waals surface area contributed by atoms with Crippen LogP contribution in [0.2, 0.25) is 0 Å². The second-order valence-electron chi connectivity index (χ2n) is 7.52. The summed E-state index contributed by atoms with van der Waals surface area (Å²) in [6.45, 7) is 7.06. The van der Waals surface area contributed by atoms with E-state index in [1.165, 1.54) is 0 Å². The zero-order chi connectivity index (χ0) is 19.1. The smallest absolute Gasteiger partial charge is 0.177 e. The van der Waals surface area contributed by atoms with Crippen LogP contribution in [0.15, 0.2) is 33.5 Å². The summed E-state index contributed by atoms with van der Waals surface area (Å²) in [7, 11) is 0. The van der Waals surface area contributed by atoms with E-state index in [2.05, 4.69) is 51.6 Å². The van der Waals surface area contributed by atoms with Crippen molar-refractivity contribution < 1.29 is 14.2 Å². The van der Waals surface area contributed by atoms with Gasteiger partial charge in [0.05, 0.1) is 26.4 Å². The Morgan fingerprint density at radius 3 is 2.14 bits per heavy atom. The van der Waals surface area contributed by atoms with Crippen LogP contribution in [0.3, 0.4) is 0 Å². The molecule has 3 aliphatic heterocycles. The maximum Gasteiger partial charge on any atom is 0.177 e. The maximum absolute atomic E-state index is 6.00. The highest BCUT2D eigenvalue weighted by Gasteiger charge is 2.48. The van der Waals surface area contributed by atoms with E-state index in [0.717, 1.165) is 60.0 Å². The lowest BCUT2D eigenvalue weighted by Crippen LogP contribution is -2.66. The van der Waals surface area contributed by atoms with E-state index < -0.39 is 0 Å². The van der Waals surface area contributed by atoms with Gasteiger partial charge in [0.15, 0.2) is 23.1 Å². The van der Waals surface area contributed by atoms with Gasteiger partial charge in [-0.2, -0.15) is 0 Å². The zero-order valence-electron chi connectivity index (χ0n) is 15.2. The molecule has 0 atom stereocenters. The third kappa shape index (κ3) is 3.54. The van der Waals surface area contributed by atoms with Gasteiger partial charge in [0.25, 0.3) is 0 Å². The fourth-order valence-corrected chi connectivity index (χ4v) is 4.52. The van der Waals surface area contributed by atoms with E-state index in [-0.39, 0.29) is 0 Å². The van der Waals surface area contributed by atoms with Crippen molar-refractivity contribution in [2.75, 3.05) is 57.5 Å². The van der Waals surface area contributed by atoms with Crippen molar-refractivity contribution in [2.45, 2.75) is 0 Å². The molecule has 2 saturated heterocycles. The number of anilines is 2. The van der Waals surface area contributed by atoms with Gasteiger partial charge in [-0.1, -0.05) is 0 Å². The van der Waals surface area contributed by atoms with Crippen LogP contribution in [0.4, 0.5) is 11.6 Å². The summed E-state index contributed by atoms with van der Waals surface area (Å²) in [5, 5.41) is 0. The molecule has 0 N–H and O–H groups in total. The number of ether oxygens (including phenoxy) is 3. The molecule has 3 aliphatic rings. The van der Waals surface area contributed by atoms with Crippen molar-refractivity contribution in [1.29, 1.82) is 0 Å². The first-order valence-electron chi connectivity index (χ1n) is 9.26. The van der Waals surface area contributed by atoms with Crippen LogP contribution in [0.1, 0.15) is 0 Å². The van der Waals surface area contributed by atoms with Crippen LogP contribution in [-0.2, 0) is 9.47 Å². The van der Waals surface area contributed by atoms with E-state index in [1.807, 2.05) is 12.1 Å². The third-order valence-electron chi connectivity index (χ3n) is 5.28. The van der Waals surface area contributed by atoms with Gasteiger partial charge >= 0.3 is 0 Å². The monoisotopic (exact) mass is 510 g/mol. The van der Waals surface area contributed by atoms with Gasteiger partial charge in [0.2, 0.25) is 0 Å². The fraction of sp³-hybridized carbons (Fsp3) is 0.474. The van der Waals surface area contributed by atoms with Crippen LogP contribution in [0.5, 0.6) is 11.5 Å². The first-order valence-corrected chi connectivity index (χ1v) is 10.8. The van der Waals surface area contributed by atoms with Gasteiger partial charge in [-0.3, -0.25) is 4.90 Å². The van der Waals surface area contributed by atoms with Gasteiger partial charge in [-0.05, 0) is 31.9 Å². The number of pyridine rings is 2. The largest absolute Gasteiger partial charge is 0.449 e. The lowest BCUT2D eigenvalue weighted by atomic mass is 9.78. The lowest BCUT2D eigenvalue weighted by molar-refractivity contribution is -0.190. The highest BCUT2D eigenvalue weighted by atomic mass is 79.9. The van der Waals surface area contributed by atoms with Gasteiger partial charge in [-0.15, -0.1) is 0 Å². The van der Waals surface area contributed by atoms with E-state index in [0.29, 0.717) is 30.1 Å². The van der Waals surface area contributed by atoms with Gasteiger partial charge < -0.3 is 19.1 Å². The van der Waals surface area contributed by atoms with E-state index in [9.17, 15) is 0 Å². The highest BCUT2D eigenvalue weighted by molar-refractivity contribution is 9.10. The van der Waals surface area contributed by atoms with Crippen molar-refractivity contribution in [1.82, 2.24) is 14.9 Å². The molecule has 0 radical (unpaired) electrons. The first kappa shape index (κ1) is 18.7. The van der Waals surface area contributed by atoms with Crippen molar-refractivity contribution >= 4 is 43.5 Å². The molecular weight excluding hydrogens is 492 g/mol. The lowest BCUT2D eigenvalue weighted by Gasteiger charge is -2.55. The molecule has 148 valence electrons. The summed E-state index contributed by atoms with van der Waals surface area (Å²) in [6, 6.07) is 3.84. The number of halogens is 2. The number of fused-ring (bicyclic) bond motifs is 2. The summed E-state index contributed by atoms with van der Waals surface area (Å²) >= 11 is 6.92. The van der Waals surface area contributed by atoms with Crippen molar-refractivity contribution in [3.8, 4) is 11.5 Å². The Morgan fingerprint density at radius 1 is 0.964 bits per heavy atom. The molecule has 1 spiro atoms. The normalized spacial score (nSPS) is 19.4. The Bertz CT molecular complexity index is 834. The molecular formula is C19H20Br2N4O3. The van der Waals surface area contributed by atoms with Crippen molar-refractivity contribution in [3.05, 3.63) is 33.5 Å². The second-order valence-corrected chi connectivity index (χ2v) is 9.35. The van der Waals surface area contributed by atoms with Gasteiger partial charge in [0, 0.05) is 65.1 Å². The minimum atomic E-state index is 0.459. The Labute approximate surface area is 180 Å². The molecule has 2 aromatic rings. The van der Waals surface area contributed by atoms with Crippen LogP contribution in [0, 0.1) is 5.41 Å². The van der Waals surface area contributed by atoms with Crippen LogP contribution in [0.25, 0.3) is 0 Å². The minimum Gasteiger partial charge on any atom is -0.449 e. The average Bonchev–Trinajstić information content (AvgIpc) is 2.60. The maximum atomic E-state index is 6.00. The summed E-state index contributed by atoms with van der Waals surface area (Å²) in [6.07, 6.45) is 3.54. The van der Waals surface area contributed by atoms with Crippen LogP contribution >= 0.6 is 31.9 Å². The van der Waals surface area contributed by atoms with E-state index in [4.69, 9.17) is 14.2 Å². The Kier molecular flexibility index (Phi) is 5.04. The molecule has 0 amide bonds. The molecule has 0 bridgehead atoms. The molecule has 28 heavy (non-hydrogen) atoms. The molecule has 2 fully saturated rings. The highest BCUT2D eigenvalue weighted by Crippen LogP contribution is 2.45. The molecule has 0 unspecified atom stereocenters. The van der Waals surface area contributed by atoms with E-state index >= 15 is 0 Å². The molecule has 5 heterocycles. The summed E-state index contributed by atoms with van der Waals surface area (Å²) in [4.78, 5) is 13.5. The van der Waals surface area contributed by atoms with E-state index in [1.54, 1.807) is 12.4 Å². The quantitative estimate of drug-likeness (QED) is 0.549. The Hall–Kier alpha value is -1.26. The summed E-state index contributed by atoms with van der Waals surface area (Å²) in [5.41, 5.74) is 0.459. The first-order chi connectivity index (χ1) is 13.6. The summed E-state index contributed by atoms with van der Waals surface area (Å²) < 4.78 is 19.0. The van der Waals surface area contributed by atoms with Crippen molar-refractivity contribution in [3.63, 3.8) is 0 Å². The minimum absolute atomic E-state index is 0.459. The number of hydrogen-bond donors (Lipinski definition) is 0. The van der Waals surface area contributed by atoms with Crippen LogP contribution in [-0.4, -0.2) is 67.5 Å². The molecule has 5 rings (SSSR count). The predicted octanol–water partition coefficient (Wildman–Crippen LogP) is 3.59. The Balaban J connectivity index is 1.20.